The van der Waals surface area contributed by atoms with Crippen LogP contribution in [0, 0.1) is 0 Å². The summed E-state index contributed by atoms with van der Waals surface area (Å²) in [5, 5.41) is 10.6. The van der Waals surface area contributed by atoms with Crippen LogP contribution in [0.1, 0.15) is 28.9 Å². The molecule has 1 aliphatic rings. The molecular formula is C22H24N4O2. The second-order valence-corrected chi connectivity index (χ2v) is 7.23. The van der Waals surface area contributed by atoms with Gasteiger partial charge in [0.25, 0.3) is 5.91 Å². The summed E-state index contributed by atoms with van der Waals surface area (Å²) in [4.78, 5) is 25.6. The average molecular weight is 376 g/mol. The lowest BCUT2D eigenvalue weighted by atomic mass is 10.2. The Balaban J connectivity index is 1.45. The van der Waals surface area contributed by atoms with Gasteiger partial charge in [0.05, 0.1) is 36.0 Å². The van der Waals surface area contributed by atoms with Crippen molar-refractivity contribution in [3.63, 3.8) is 0 Å². The molecular weight excluding hydrogens is 352 g/mol. The number of aliphatic hydroxyl groups excluding tert-OH is 1. The van der Waals surface area contributed by atoms with E-state index >= 15 is 0 Å². The molecule has 1 N–H and O–H groups in total. The van der Waals surface area contributed by atoms with Crippen molar-refractivity contribution in [1.29, 1.82) is 0 Å². The van der Waals surface area contributed by atoms with E-state index in [0.717, 1.165) is 41.8 Å². The first-order valence-electron chi connectivity index (χ1n) is 9.59. The largest absolute Gasteiger partial charge is 0.394 e. The first kappa shape index (κ1) is 18.4. The highest BCUT2D eigenvalue weighted by atomic mass is 16.3. The lowest BCUT2D eigenvalue weighted by Crippen LogP contribution is -2.33. The molecule has 0 unspecified atom stereocenters. The molecule has 28 heavy (non-hydrogen) atoms. The van der Waals surface area contributed by atoms with Gasteiger partial charge in [-0.05, 0) is 37.1 Å². The highest BCUT2D eigenvalue weighted by Crippen LogP contribution is 2.23. The minimum atomic E-state index is -0.0888. The van der Waals surface area contributed by atoms with Crippen LogP contribution < -0.4 is 4.90 Å². The van der Waals surface area contributed by atoms with Gasteiger partial charge in [-0.1, -0.05) is 24.3 Å². The SMILES string of the molecule is CN(Cc1ccc2ccccc2n1)C(=O)c1ccc(N2CCC[C@H]2CO)nc1. The molecule has 0 saturated carbocycles. The minimum absolute atomic E-state index is 0.0888. The Morgan fingerprint density at radius 2 is 2.07 bits per heavy atom. The van der Waals surface area contributed by atoms with Crippen molar-refractivity contribution in [2.24, 2.45) is 0 Å². The summed E-state index contributed by atoms with van der Waals surface area (Å²) < 4.78 is 0. The molecule has 0 aliphatic carbocycles. The number of hydrogen-bond acceptors (Lipinski definition) is 5. The number of anilines is 1. The summed E-state index contributed by atoms with van der Waals surface area (Å²) in [7, 11) is 1.77. The van der Waals surface area contributed by atoms with E-state index in [0.29, 0.717) is 12.1 Å². The number of rotatable bonds is 5. The van der Waals surface area contributed by atoms with E-state index in [1.165, 1.54) is 0 Å². The molecule has 2 aromatic heterocycles. The molecule has 6 heteroatoms. The quantitative estimate of drug-likeness (QED) is 0.742. The lowest BCUT2D eigenvalue weighted by molar-refractivity contribution is 0.0783. The highest BCUT2D eigenvalue weighted by molar-refractivity contribution is 5.94. The van der Waals surface area contributed by atoms with E-state index in [9.17, 15) is 9.90 Å². The maximum Gasteiger partial charge on any atom is 0.255 e. The number of hydrogen-bond donors (Lipinski definition) is 1. The smallest absolute Gasteiger partial charge is 0.255 e. The fourth-order valence-corrected chi connectivity index (χ4v) is 3.74. The van der Waals surface area contributed by atoms with E-state index < -0.39 is 0 Å². The summed E-state index contributed by atoms with van der Waals surface area (Å²) >= 11 is 0. The summed E-state index contributed by atoms with van der Waals surface area (Å²) in [5.41, 5.74) is 2.32. The zero-order valence-electron chi connectivity index (χ0n) is 16.0. The number of pyridine rings is 2. The second-order valence-electron chi connectivity index (χ2n) is 7.23. The Hall–Kier alpha value is -2.99. The van der Waals surface area contributed by atoms with Gasteiger partial charge < -0.3 is 14.9 Å². The number of carbonyl (C=O) groups is 1. The minimum Gasteiger partial charge on any atom is -0.394 e. The van der Waals surface area contributed by atoms with E-state index in [2.05, 4.69) is 14.9 Å². The molecule has 6 nitrogen and oxygen atoms in total. The molecule has 0 spiro atoms. The van der Waals surface area contributed by atoms with E-state index in [4.69, 9.17) is 0 Å². The Labute approximate surface area is 164 Å². The predicted molar refractivity (Wildman–Crippen MR) is 109 cm³/mol. The third-order valence-corrected chi connectivity index (χ3v) is 5.28. The van der Waals surface area contributed by atoms with E-state index in [-0.39, 0.29) is 18.6 Å². The van der Waals surface area contributed by atoms with Crippen LogP contribution in [0.2, 0.25) is 0 Å². The van der Waals surface area contributed by atoms with Crippen LogP contribution in [0.15, 0.2) is 54.7 Å². The maximum absolute atomic E-state index is 12.8. The molecule has 144 valence electrons. The summed E-state index contributed by atoms with van der Waals surface area (Å²) in [6, 6.07) is 15.7. The van der Waals surface area contributed by atoms with Gasteiger partial charge in [0.15, 0.2) is 0 Å². The molecule has 3 aromatic rings. The van der Waals surface area contributed by atoms with Gasteiger partial charge in [-0.2, -0.15) is 0 Å². The first-order valence-corrected chi connectivity index (χ1v) is 9.59. The van der Waals surface area contributed by atoms with Crippen LogP contribution in [0.5, 0.6) is 0 Å². The number of nitrogens with zero attached hydrogens (tertiary/aromatic N) is 4. The molecule has 0 radical (unpaired) electrons. The average Bonchev–Trinajstić information content (AvgIpc) is 3.22. The van der Waals surface area contributed by atoms with Gasteiger partial charge in [0.2, 0.25) is 0 Å². The molecule has 1 aliphatic heterocycles. The lowest BCUT2D eigenvalue weighted by Gasteiger charge is -2.24. The fraction of sp³-hybridized carbons (Fsp3) is 0.318. The zero-order valence-corrected chi connectivity index (χ0v) is 16.0. The normalized spacial score (nSPS) is 16.5. The summed E-state index contributed by atoms with van der Waals surface area (Å²) in [5.74, 6) is 0.723. The van der Waals surface area contributed by atoms with Crippen LogP contribution in [0.25, 0.3) is 10.9 Å². The standard InChI is InChI=1S/C22H24N4O2/c1-25(14-18-10-8-16-5-2-3-7-20(16)24-18)22(28)17-9-11-21(23-13-17)26-12-4-6-19(26)15-27/h2-3,5,7-11,13,19,27H,4,6,12,14-15H2,1H3/t19-/m0/s1. The highest BCUT2D eigenvalue weighted by Gasteiger charge is 2.25. The topological polar surface area (TPSA) is 69.6 Å². The molecule has 1 saturated heterocycles. The third-order valence-electron chi connectivity index (χ3n) is 5.28. The van der Waals surface area contributed by atoms with Gasteiger partial charge in [-0.3, -0.25) is 9.78 Å². The van der Waals surface area contributed by atoms with Crippen molar-refractivity contribution in [3.05, 3.63) is 66.0 Å². The predicted octanol–water partition coefficient (Wildman–Crippen LogP) is 2.86. The van der Waals surface area contributed by atoms with Crippen molar-refractivity contribution >= 4 is 22.6 Å². The molecule has 1 fully saturated rings. The van der Waals surface area contributed by atoms with Crippen molar-refractivity contribution in [2.45, 2.75) is 25.4 Å². The van der Waals surface area contributed by atoms with Gasteiger partial charge in [0, 0.05) is 25.2 Å². The van der Waals surface area contributed by atoms with Gasteiger partial charge in [0.1, 0.15) is 5.82 Å². The fourth-order valence-electron chi connectivity index (χ4n) is 3.74. The van der Waals surface area contributed by atoms with Crippen LogP contribution >= 0.6 is 0 Å². The van der Waals surface area contributed by atoms with Gasteiger partial charge >= 0.3 is 0 Å². The number of benzene rings is 1. The molecule has 3 heterocycles. The van der Waals surface area contributed by atoms with Crippen LogP contribution in [0.3, 0.4) is 0 Å². The van der Waals surface area contributed by atoms with Crippen molar-refractivity contribution in [2.75, 3.05) is 25.1 Å². The van der Waals surface area contributed by atoms with E-state index in [1.54, 1.807) is 18.1 Å². The Morgan fingerprint density at radius 3 is 2.86 bits per heavy atom. The zero-order chi connectivity index (χ0) is 19.5. The molecule has 0 bridgehead atoms. The number of aromatic nitrogens is 2. The Kier molecular flexibility index (Phi) is 5.21. The van der Waals surface area contributed by atoms with Crippen molar-refractivity contribution in [1.82, 2.24) is 14.9 Å². The van der Waals surface area contributed by atoms with Crippen LogP contribution in [0.4, 0.5) is 5.82 Å². The van der Waals surface area contributed by atoms with E-state index in [1.807, 2.05) is 48.5 Å². The third kappa shape index (κ3) is 3.68. The van der Waals surface area contributed by atoms with Gasteiger partial charge in [-0.25, -0.2) is 4.98 Å². The molecule has 1 aromatic carbocycles. The summed E-state index contributed by atoms with van der Waals surface area (Å²) in [6.07, 6.45) is 3.64. The molecule has 4 rings (SSSR count). The molecule has 1 atom stereocenters. The summed E-state index contributed by atoms with van der Waals surface area (Å²) in [6.45, 7) is 1.45. The Morgan fingerprint density at radius 1 is 1.21 bits per heavy atom. The van der Waals surface area contributed by atoms with Crippen molar-refractivity contribution < 1.29 is 9.90 Å². The number of aliphatic hydroxyl groups is 1. The number of amides is 1. The van der Waals surface area contributed by atoms with Gasteiger partial charge in [-0.15, -0.1) is 0 Å². The second kappa shape index (κ2) is 7.94. The number of fused-ring (bicyclic) bond motifs is 1. The number of carbonyl (C=O) groups excluding carboxylic acids is 1. The Bertz CT molecular complexity index is 974. The van der Waals surface area contributed by atoms with Crippen LogP contribution in [-0.4, -0.2) is 52.1 Å². The molecule has 1 amide bonds. The monoisotopic (exact) mass is 376 g/mol. The first-order chi connectivity index (χ1) is 13.7. The number of para-hydroxylation sites is 1. The van der Waals surface area contributed by atoms with Crippen LogP contribution in [-0.2, 0) is 6.54 Å². The maximum atomic E-state index is 12.8. The van der Waals surface area contributed by atoms with Crippen molar-refractivity contribution in [3.8, 4) is 0 Å².